The second kappa shape index (κ2) is 6.58. The number of benzene rings is 2. The lowest BCUT2D eigenvalue weighted by Gasteiger charge is -2.19. The number of hydrogen-bond donors (Lipinski definition) is 0. The average molecular weight is 267 g/mol. The predicted octanol–water partition coefficient (Wildman–Crippen LogP) is 3.66. The Bertz CT molecular complexity index is 538. The van der Waals surface area contributed by atoms with E-state index in [1.54, 1.807) is 0 Å². The molecule has 0 aliphatic carbocycles. The molecule has 2 aromatic carbocycles. The van der Waals surface area contributed by atoms with E-state index in [0.29, 0.717) is 0 Å². The van der Waals surface area contributed by atoms with Crippen LogP contribution in [0.3, 0.4) is 0 Å². The van der Waals surface area contributed by atoms with E-state index in [4.69, 9.17) is 4.74 Å². The molecule has 0 bridgehead atoms. The van der Waals surface area contributed by atoms with Crippen molar-refractivity contribution >= 4 is 5.69 Å². The van der Waals surface area contributed by atoms with E-state index >= 15 is 0 Å². The van der Waals surface area contributed by atoms with Gasteiger partial charge in [-0.15, -0.1) is 0 Å². The van der Waals surface area contributed by atoms with Crippen LogP contribution in [0.2, 0.25) is 0 Å². The zero-order valence-electron chi connectivity index (χ0n) is 11.8. The van der Waals surface area contributed by atoms with Gasteiger partial charge in [0.25, 0.3) is 0 Å². The minimum atomic E-state index is 0.720. The quantitative estimate of drug-likeness (QED) is 0.741. The van der Waals surface area contributed by atoms with E-state index in [0.717, 1.165) is 32.7 Å². The van der Waals surface area contributed by atoms with Crippen LogP contribution in [0.5, 0.6) is 0 Å². The van der Waals surface area contributed by atoms with Crippen LogP contribution < -0.4 is 4.90 Å². The van der Waals surface area contributed by atoms with E-state index in [1.165, 1.54) is 23.2 Å². The predicted molar refractivity (Wildman–Crippen MR) is 83.1 cm³/mol. The maximum Gasteiger partial charge on any atom is 0.0716 e. The normalized spacial score (nSPS) is 13.5. The van der Waals surface area contributed by atoms with Gasteiger partial charge in [-0.1, -0.05) is 48.5 Å². The molecule has 0 aromatic heterocycles. The van der Waals surface area contributed by atoms with E-state index in [-0.39, 0.29) is 0 Å². The molecule has 0 atom stereocenters. The SMILES string of the molecule is c1ccc(COCCCN2CCc3ccccc32)cc1. The summed E-state index contributed by atoms with van der Waals surface area (Å²) in [6, 6.07) is 19.1. The molecule has 0 radical (unpaired) electrons. The first-order valence-corrected chi connectivity index (χ1v) is 7.38. The van der Waals surface area contributed by atoms with Gasteiger partial charge in [-0.2, -0.15) is 0 Å². The average Bonchev–Trinajstić information content (AvgIpc) is 2.91. The molecule has 3 rings (SSSR count). The van der Waals surface area contributed by atoms with Crippen molar-refractivity contribution in [1.82, 2.24) is 0 Å². The Balaban J connectivity index is 1.39. The number of fused-ring (bicyclic) bond motifs is 1. The van der Waals surface area contributed by atoms with Crippen molar-refractivity contribution in [1.29, 1.82) is 0 Å². The Labute approximate surface area is 121 Å². The Morgan fingerprint density at radius 2 is 1.75 bits per heavy atom. The summed E-state index contributed by atoms with van der Waals surface area (Å²) in [5.74, 6) is 0. The van der Waals surface area contributed by atoms with Crippen LogP contribution in [0.25, 0.3) is 0 Å². The van der Waals surface area contributed by atoms with Crippen molar-refractivity contribution in [2.24, 2.45) is 0 Å². The molecule has 0 saturated heterocycles. The Hall–Kier alpha value is -1.80. The van der Waals surface area contributed by atoms with Crippen LogP contribution in [0, 0.1) is 0 Å². The van der Waals surface area contributed by atoms with Crippen molar-refractivity contribution in [3.63, 3.8) is 0 Å². The lowest BCUT2D eigenvalue weighted by atomic mass is 10.2. The highest BCUT2D eigenvalue weighted by atomic mass is 16.5. The fourth-order valence-electron chi connectivity index (χ4n) is 2.76. The summed E-state index contributed by atoms with van der Waals surface area (Å²) >= 11 is 0. The van der Waals surface area contributed by atoms with Crippen LogP contribution in [0.15, 0.2) is 54.6 Å². The molecule has 104 valence electrons. The molecular formula is C18H21NO. The van der Waals surface area contributed by atoms with E-state index in [1.807, 2.05) is 6.07 Å². The molecule has 0 spiro atoms. The topological polar surface area (TPSA) is 12.5 Å². The molecule has 1 aliphatic rings. The van der Waals surface area contributed by atoms with Crippen molar-refractivity contribution in [3.8, 4) is 0 Å². The van der Waals surface area contributed by atoms with Gasteiger partial charge < -0.3 is 9.64 Å². The van der Waals surface area contributed by atoms with Gasteiger partial charge in [0.15, 0.2) is 0 Å². The molecule has 0 unspecified atom stereocenters. The van der Waals surface area contributed by atoms with Gasteiger partial charge in [-0.25, -0.2) is 0 Å². The molecule has 0 amide bonds. The summed E-state index contributed by atoms with van der Waals surface area (Å²) in [5.41, 5.74) is 4.15. The summed E-state index contributed by atoms with van der Waals surface area (Å²) in [4.78, 5) is 2.47. The van der Waals surface area contributed by atoms with E-state index in [2.05, 4.69) is 53.4 Å². The number of rotatable bonds is 6. The molecule has 2 aromatic rings. The highest BCUT2D eigenvalue weighted by molar-refractivity contribution is 5.57. The lowest BCUT2D eigenvalue weighted by Crippen LogP contribution is -2.22. The summed E-state index contributed by atoms with van der Waals surface area (Å²) in [7, 11) is 0. The summed E-state index contributed by atoms with van der Waals surface area (Å²) in [6.45, 7) is 3.79. The first-order chi connectivity index (χ1) is 9.93. The minimum absolute atomic E-state index is 0.720. The Morgan fingerprint density at radius 1 is 0.950 bits per heavy atom. The second-order valence-electron chi connectivity index (χ2n) is 5.26. The van der Waals surface area contributed by atoms with Crippen molar-refractivity contribution < 1.29 is 4.74 Å². The van der Waals surface area contributed by atoms with Crippen LogP contribution in [-0.4, -0.2) is 19.7 Å². The number of nitrogens with zero attached hydrogens (tertiary/aromatic N) is 1. The second-order valence-corrected chi connectivity index (χ2v) is 5.26. The Morgan fingerprint density at radius 3 is 2.65 bits per heavy atom. The molecule has 1 aliphatic heterocycles. The van der Waals surface area contributed by atoms with Gasteiger partial charge >= 0.3 is 0 Å². The first kappa shape index (κ1) is 13.2. The van der Waals surface area contributed by atoms with Gasteiger partial charge in [-0.3, -0.25) is 0 Å². The van der Waals surface area contributed by atoms with Crippen molar-refractivity contribution in [3.05, 3.63) is 65.7 Å². The fraction of sp³-hybridized carbons (Fsp3) is 0.333. The number of para-hydroxylation sites is 1. The van der Waals surface area contributed by atoms with Crippen molar-refractivity contribution in [2.45, 2.75) is 19.4 Å². The molecule has 1 heterocycles. The smallest absolute Gasteiger partial charge is 0.0716 e. The zero-order valence-corrected chi connectivity index (χ0v) is 11.8. The number of anilines is 1. The lowest BCUT2D eigenvalue weighted by molar-refractivity contribution is 0.119. The molecule has 0 N–H and O–H groups in total. The summed E-state index contributed by atoms with van der Waals surface area (Å²) in [5, 5.41) is 0. The van der Waals surface area contributed by atoms with Crippen molar-refractivity contribution in [2.75, 3.05) is 24.6 Å². The molecular weight excluding hydrogens is 246 g/mol. The van der Waals surface area contributed by atoms with Gasteiger partial charge in [-0.05, 0) is 30.0 Å². The van der Waals surface area contributed by atoms with Crippen LogP contribution >= 0.6 is 0 Å². The first-order valence-electron chi connectivity index (χ1n) is 7.38. The third kappa shape index (κ3) is 3.20. The molecule has 2 heteroatoms. The fourth-order valence-corrected chi connectivity index (χ4v) is 2.76. The van der Waals surface area contributed by atoms with Gasteiger partial charge in [0.1, 0.15) is 0 Å². The zero-order chi connectivity index (χ0) is 13.6. The van der Waals surface area contributed by atoms with Crippen LogP contribution in [-0.2, 0) is 17.8 Å². The molecule has 20 heavy (non-hydrogen) atoms. The van der Waals surface area contributed by atoms with E-state index in [9.17, 15) is 0 Å². The van der Waals surface area contributed by atoms with Crippen LogP contribution in [0.1, 0.15) is 17.5 Å². The molecule has 0 fully saturated rings. The highest BCUT2D eigenvalue weighted by Gasteiger charge is 2.17. The van der Waals surface area contributed by atoms with Gasteiger partial charge in [0.05, 0.1) is 6.61 Å². The number of ether oxygens (including phenoxy) is 1. The standard InChI is InChI=1S/C18H21NO/c1-2-7-16(8-3-1)15-20-14-6-12-19-13-11-17-9-4-5-10-18(17)19/h1-5,7-10H,6,11-15H2. The van der Waals surface area contributed by atoms with Gasteiger partial charge in [0.2, 0.25) is 0 Å². The largest absolute Gasteiger partial charge is 0.377 e. The summed E-state index contributed by atoms with van der Waals surface area (Å²) in [6.07, 6.45) is 2.27. The summed E-state index contributed by atoms with van der Waals surface area (Å²) < 4.78 is 5.74. The minimum Gasteiger partial charge on any atom is -0.377 e. The highest BCUT2D eigenvalue weighted by Crippen LogP contribution is 2.27. The molecule has 2 nitrogen and oxygen atoms in total. The third-order valence-electron chi connectivity index (χ3n) is 3.81. The van der Waals surface area contributed by atoms with Crippen LogP contribution in [0.4, 0.5) is 5.69 Å². The monoisotopic (exact) mass is 267 g/mol. The molecule has 0 saturated carbocycles. The van der Waals surface area contributed by atoms with E-state index < -0.39 is 0 Å². The number of hydrogen-bond acceptors (Lipinski definition) is 2. The third-order valence-corrected chi connectivity index (χ3v) is 3.81. The Kier molecular flexibility index (Phi) is 4.34. The van der Waals surface area contributed by atoms with Gasteiger partial charge in [0, 0.05) is 25.4 Å². The maximum absolute atomic E-state index is 5.74. The maximum atomic E-state index is 5.74.